The van der Waals surface area contributed by atoms with E-state index in [1.165, 1.54) is 47.9 Å². The van der Waals surface area contributed by atoms with Gasteiger partial charge in [-0.2, -0.15) is 0 Å². The molecule has 4 aromatic rings. The number of benzene rings is 4. The molecule has 4 aliphatic carbocycles. The molecule has 42 heavy (non-hydrogen) atoms. The molecule has 0 radical (unpaired) electrons. The van der Waals surface area contributed by atoms with Crippen LogP contribution in [0.25, 0.3) is 34.4 Å². The number of allylic oxidation sites excluding steroid dienone is 2. The van der Waals surface area contributed by atoms with Gasteiger partial charge in [0.2, 0.25) is 0 Å². The van der Waals surface area contributed by atoms with Crippen LogP contribution < -0.4 is 0 Å². The van der Waals surface area contributed by atoms with Gasteiger partial charge in [-0.1, -0.05) is 0 Å². The molecule has 0 nitrogen and oxygen atoms in total. The van der Waals surface area contributed by atoms with Crippen LogP contribution >= 0.6 is 24.8 Å². The molecule has 0 amide bonds. The fourth-order valence-electron chi connectivity index (χ4n) is 7.57. The maximum atomic E-state index is 2.70. The summed E-state index contributed by atoms with van der Waals surface area (Å²) in [6.45, 7) is 5.39. The van der Waals surface area contributed by atoms with Crippen LogP contribution in [0.3, 0.4) is 0 Å². The maximum Gasteiger partial charge on any atom is -0.147 e. The van der Waals surface area contributed by atoms with Gasteiger partial charge in [0, 0.05) is 0 Å². The molecule has 4 heteroatoms. The predicted molar refractivity (Wildman–Crippen MR) is 183 cm³/mol. The summed E-state index contributed by atoms with van der Waals surface area (Å²) < 4.78 is 1.50. The number of hydrogen-bond acceptors (Lipinski definition) is 0. The molecule has 4 aliphatic rings. The molecular weight excluding hydrogens is 734 g/mol. The Morgan fingerprint density at radius 1 is 0.524 bits per heavy atom. The third kappa shape index (κ3) is 5.21. The largest absolute Gasteiger partial charge is 0.147 e. The maximum absolute atomic E-state index is 2.70. The molecule has 0 N–H and O–H groups in total. The van der Waals surface area contributed by atoms with Crippen molar-refractivity contribution in [2.75, 3.05) is 0 Å². The van der Waals surface area contributed by atoms with E-state index < -0.39 is 25.6 Å². The minimum atomic E-state index is -2.34. The average molecular weight is 772 g/mol. The number of hydrogen-bond donors (Lipinski definition) is 0. The number of rotatable bonds is 6. The Bertz CT molecular complexity index is 1600. The summed E-state index contributed by atoms with van der Waals surface area (Å²) in [6, 6.07) is 36.8. The predicted octanol–water partition coefficient (Wildman–Crippen LogP) is 11.1. The quantitative estimate of drug-likeness (QED) is 0.171. The van der Waals surface area contributed by atoms with Crippen LogP contribution in [-0.2, 0) is 20.1 Å². The minimum Gasteiger partial charge on any atom is -0.147 e. The Balaban J connectivity index is 0.00000158. The molecule has 2 fully saturated rings. The van der Waals surface area contributed by atoms with Crippen molar-refractivity contribution in [1.82, 2.24) is 0 Å². The Morgan fingerprint density at radius 3 is 1.29 bits per heavy atom. The van der Waals surface area contributed by atoms with Crippen molar-refractivity contribution in [3.63, 3.8) is 0 Å². The second-order valence-corrected chi connectivity index (χ2v) is 37.4. The second kappa shape index (κ2) is 12.2. The molecule has 2 unspecified atom stereocenters. The summed E-state index contributed by atoms with van der Waals surface area (Å²) in [7, 11) is 0. The first-order valence-corrected chi connectivity index (χ1v) is 27.2. The minimum absolute atomic E-state index is 0. The molecule has 0 heterocycles. The van der Waals surface area contributed by atoms with Crippen LogP contribution in [0.2, 0.25) is 13.1 Å². The van der Waals surface area contributed by atoms with Gasteiger partial charge in [0.25, 0.3) is 0 Å². The van der Waals surface area contributed by atoms with E-state index in [0.29, 0.717) is 0 Å². The van der Waals surface area contributed by atoms with Gasteiger partial charge >= 0.3 is 248 Å². The number of halogens is 2. The van der Waals surface area contributed by atoms with Gasteiger partial charge in [-0.15, -0.1) is 24.8 Å². The molecule has 2 saturated carbocycles. The Hall–Kier alpha value is -1.97. The van der Waals surface area contributed by atoms with E-state index >= 15 is 0 Å². The van der Waals surface area contributed by atoms with Crippen LogP contribution in [0.4, 0.5) is 0 Å². The van der Waals surface area contributed by atoms with Gasteiger partial charge in [0.1, 0.15) is 0 Å². The van der Waals surface area contributed by atoms with Crippen molar-refractivity contribution in [2.45, 2.75) is 46.1 Å². The molecule has 4 aromatic carbocycles. The summed E-state index contributed by atoms with van der Waals surface area (Å²) >= 11 is -2.34. The van der Waals surface area contributed by atoms with Gasteiger partial charge in [-0.05, 0) is 0 Å². The molecule has 0 aliphatic heterocycles. The fourth-order valence-corrected chi connectivity index (χ4v) is 36.7. The van der Waals surface area contributed by atoms with E-state index in [2.05, 4.69) is 122 Å². The fraction of sp³-hybridized carbons (Fsp3) is 0.263. The van der Waals surface area contributed by atoms with E-state index in [9.17, 15) is 0 Å². The smallest absolute Gasteiger partial charge is 0.147 e. The number of fused-ring (bicyclic) bond motifs is 2. The summed E-state index contributed by atoms with van der Waals surface area (Å²) in [6.07, 6.45) is 11.0. The van der Waals surface area contributed by atoms with Crippen molar-refractivity contribution in [3.8, 4) is 22.3 Å². The SMILES string of the molecule is C[Si](C)=[Hf]([CH]1C(C2CC2)=Cc2c(-c3ccccc3)cccc21)[CH]1C(C2CC2)=Cc2c(-c3ccccc3)cccc21.Cl.Cl. The molecule has 8 rings (SSSR count). The van der Waals surface area contributed by atoms with Crippen LogP contribution in [0.5, 0.6) is 0 Å². The van der Waals surface area contributed by atoms with E-state index in [-0.39, 0.29) is 24.8 Å². The summed E-state index contributed by atoms with van der Waals surface area (Å²) in [5, 5.41) is 0. The Morgan fingerprint density at radius 2 is 0.929 bits per heavy atom. The zero-order valence-electron chi connectivity index (χ0n) is 24.3. The standard InChI is InChI=1S/2C18H15.C2H6Si.2ClH.Hf/c2*1-2-5-14(6-3-1)17-8-4-7-15-11-16(12-18(15)17)13-9-10-13;1-3-2;;;/h2*1-8,11-13H,9-10H2;1-2H3;2*1H;. The van der Waals surface area contributed by atoms with Gasteiger partial charge in [-0.25, -0.2) is 0 Å². The topological polar surface area (TPSA) is 0 Å². The first-order valence-electron chi connectivity index (χ1n) is 15.2. The zero-order chi connectivity index (χ0) is 26.8. The van der Waals surface area contributed by atoms with Gasteiger partial charge in [0.15, 0.2) is 0 Å². The van der Waals surface area contributed by atoms with Gasteiger partial charge in [-0.3, -0.25) is 0 Å². The summed E-state index contributed by atoms with van der Waals surface area (Å²) in [5.41, 5.74) is 15.4. The molecule has 0 spiro atoms. The molecule has 0 aromatic heterocycles. The molecule has 0 saturated heterocycles. The van der Waals surface area contributed by atoms with Crippen molar-refractivity contribution >= 4 is 42.5 Å². The van der Waals surface area contributed by atoms with Gasteiger partial charge in [0.05, 0.1) is 0 Å². The van der Waals surface area contributed by atoms with Crippen molar-refractivity contribution in [1.29, 1.82) is 0 Å². The first kappa shape index (κ1) is 30.1. The van der Waals surface area contributed by atoms with Crippen molar-refractivity contribution in [3.05, 3.63) is 130 Å². The van der Waals surface area contributed by atoms with Crippen LogP contribution in [0, 0.1) is 11.8 Å². The van der Waals surface area contributed by atoms with Gasteiger partial charge < -0.3 is 0 Å². The zero-order valence-corrected chi connectivity index (χ0v) is 30.6. The second-order valence-electron chi connectivity index (χ2n) is 12.5. The normalized spacial score (nSPS) is 20.0. The third-order valence-corrected chi connectivity index (χ3v) is 37.1. The Labute approximate surface area is 271 Å². The van der Waals surface area contributed by atoms with Crippen molar-refractivity contribution < 1.29 is 20.1 Å². The molecule has 0 bridgehead atoms. The molecule has 2 atom stereocenters. The summed E-state index contributed by atoms with van der Waals surface area (Å²) in [5.74, 6) is 1.65. The van der Waals surface area contributed by atoms with Crippen molar-refractivity contribution in [2.24, 2.45) is 11.8 Å². The van der Waals surface area contributed by atoms with E-state index in [0.717, 1.165) is 19.2 Å². The monoisotopic (exact) mass is 772 g/mol. The van der Waals surface area contributed by atoms with E-state index in [1.807, 2.05) is 11.1 Å². The van der Waals surface area contributed by atoms with Crippen LogP contribution in [-0.4, -0.2) is 5.49 Å². The molecular formula is C38H38Cl2HfSi. The first-order chi connectivity index (χ1) is 19.7. The van der Waals surface area contributed by atoms with E-state index in [4.69, 9.17) is 0 Å². The third-order valence-electron chi connectivity index (χ3n) is 9.66. The Kier molecular flexibility index (Phi) is 8.73. The van der Waals surface area contributed by atoms with Crippen LogP contribution in [0.1, 0.15) is 55.3 Å². The summed E-state index contributed by atoms with van der Waals surface area (Å²) in [4.78, 5) is 0. The van der Waals surface area contributed by atoms with Crippen LogP contribution in [0.15, 0.2) is 108 Å². The van der Waals surface area contributed by atoms with E-state index in [1.54, 1.807) is 22.3 Å². The average Bonchev–Trinajstić information content (AvgIpc) is 3.93. The molecule has 212 valence electrons.